The summed E-state index contributed by atoms with van der Waals surface area (Å²) >= 11 is 14.1. The molecule has 0 unspecified atom stereocenters. The summed E-state index contributed by atoms with van der Waals surface area (Å²) in [5, 5.41) is 21.0. The van der Waals surface area contributed by atoms with E-state index in [1.807, 2.05) is 66.9 Å². The molecule has 1 saturated heterocycles. The molecule has 5 aromatic rings. The molecule has 1 aliphatic heterocycles. The summed E-state index contributed by atoms with van der Waals surface area (Å²) in [5.41, 5.74) is 7.17. The van der Waals surface area contributed by atoms with Gasteiger partial charge in [0.1, 0.15) is 0 Å². The molecular formula is C36H36Cl2N6O3. The summed E-state index contributed by atoms with van der Waals surface area (Å²) in [6.45, 7) is 4.10. The van der Waals surface area contributed by atoms with Gasteiger partial charge in [-0.15, -0.1) is 0 Å². The first-order valence-corrected chi connectivity index (χ1v) is 16.3. The van der Waals surface area contributed by atoms with Crippen molar-refractivity contribution >= 4 is 40.0 Å². The van der Waals surface area contributed by atoms with Crippen molar-refractivity contribution in [3.8, 4) is 39.5 Å². The van der Waals surface area contributed by atoms with Crippen LogP contribution in [-0.2, 0) is 17.9 Å². The van der Waals surface area contributed by atoms with Crippen molar-refractivity contribution in [2.45, 2.75) is 45.0 Å². The minimum atomic E-state index is -0.412. The number of aliphatic hydroxyl groups excluding tert-OH is 1. The summed E-state index contributed by atoms with van der Waals surface area (Å²) in [7, 11) is 1.60. The molecule has 242 valence electrons. The van der Waals surface area contributed by atoms with Gasteiger partial charge >= 0.3 is 0 Å². The number of benzene rings is 2. The number of aliphatic hydroxyl groups is 1. The number of amides is 1. The van der Waals surface area contributed by atoms with Crippen molar-refractivity contribution in [3.63, 3.8) is 0 Å². The average molecular weight is 672 g/mol. The average Bonchev–Trinajstić information content (AvgIpc) is 3.49. The van der Waals surface area contributed by atoms with E-state index in [1.165, 1.54) is 0 Å². The maximum atomic E-state index is 11.5. The van der Waals surface area contributed by atoms with Crippen molar-refractivity contribution < 1.29 is 14.6 Å². The first-order valence-electron chi connectivity index (χ1n) is 15.6. The predicted octanol–water partition coefficient (Wildman–Crippen LogP) is 6.18. The Morgan fingerprint density at radius 3 is 2.34 bits per heavy atom. The Hall–Kier alpha value is -4.12. The number of methoxy groups -OCH3 is 1. The number of hydrogen-bond acceptors (Lipinski definition) is 8. The van der Waals surface area contributed by atoms with Crippen LogP contribution in [0.4, 0.5) is 0 Å². The molecule has 0 saturated carbocycles. The monoisotopic (exact) mass is 670 g/mol. The van der Waals surface area contributed by atoms with E-state index in [2.05, 4.69) is 20.9 Å². The van der Waals surface area contributed by atoms with E-state index >= 15 is 0 Å². The highest BCUT2D eigenvalue weighted by Crippen LogP contribution is 2.42. The van der Waals surface area contributed by atoms with Crippen LogP contribution in [0.25, 0.3) is 44.5 Å². The van der Waals surface area contributed by atoms with Crippen molar-refractivity contribution in [2.24, 2.45) is 0 Å². The number of aromatic nitrogens is 3. The van der Waals surface area contributed by atoms with Gasteiger partial charge < -0.3 is 25.8 Å². The molecule has 1 amide bonds. The van der Waals surface area contributed by atoms with E-state index in [0.717, 1.165) is 50.7 Å². The Labute approximate surface area is 283 Å². The summed E-state index contributed by atoms with van der Waals surface area (Å²) in [6, 6.07) is 19.7. The van der Waals surface area contributed by atoms with Crippen LogP contribution in [0.3, 0.4) is 0 Å². The first kappa shape index (κ1) is 32.8. The number of rotatable bonds is 12. The van der Waals surface area contributed by atoms with Gasteiger partial charge in [0.05, 0.1) is 40.2 Å². The number of halogens is 2. The van der Waals surface area contributed by atoms with Crippen molar-refractivity contribution in [1.29, 1.82) is 0 Å². The minimum absolute atomic E-state index is 0.101. The van der Waals surface area contributed by atoms with Gasteiger partial charge in [-0.3, -0.25) is 14.8 Å². The van der Waals surface area contributed by atoms with Crippen LogP contribution in [0, 0.1) is 0 Å². The van der Waals surface area contributed by atoms with Crippen LogP contribution in [0.1, 0.15) is 30.9 Å². The number of fused-ring (bicyclic) bond motifs is 1. The van der Waals surface area contributed by atoms with E-state index in [9.17, 15) is 9.90 Å². The summed E-state index contributed by atoms with van der Waals surface area (Å²) in [6.07, 6.45) is 4.63. The van der Waals surface area contributed by atoms with E-state index in [1.54, 1.807) is 20.2 Å². The number of nitrogens with one attached hydrogen (secondary N) is 3. The van der Waals surface area contributed by atoms with Crippen molar-refractivity contribution in [1.82, 2.24) is 30.9 Å². The fourth-order valence-corrected chi connectivity index (χ4v) is 6.40. The van der Waals surface area contributed by atoms with Crippen LogP contribution in [0.5, 0.6) is 5.88 Å². The minimum Gasteiger partial charge on any atom is -0.481 e. The van der Waals surface area contributed by atoms with Crippen LogP contribution in [0.2, 0.25) is 10.0 Å². The molecule has 11 heteroatoms. The third-order valence-corrected chi connectivity index (χ3v) is 8.97. The quantitative estimate of drug-likeness (QED) is 0.124. The van der Waals surface area contributed by atoms with Crippen LogP contribution >= 0.6 is 23.2 Å². The molecule has 9 nitrogen and oxygen atoms in total. The molecule has 0 bridgehead atoms. The molecule has 4 heterocycles. The highest BCUT2D eigenvalue weighted by atomic mass is 35.5. The number of ether oxygens (including phenoxy) is 1. The molecule has 3 aromatic heterocycles. The van der Waals surface area contributed by atoms with Crippen LogP contribution in [0.15, 0.2) is 73.1 Å². The lowest BCUT2D eigenvalue weighted by molar-refractivity contribution is -0.119. The molecule has 4 N–H and O–H groups in total. The molecular weight excluding hydrogens is 635 g/mol. The maximum absolute atomic E-state index is 11.5. The fraction of sp³-hybridized carbons (Fsp3) is 0.278. The van der Waals surface area contributed by atoms with Crippen LogP contribution in [-0.4, -0.2) is 58.3 Å². The Bertz CT molecular complexity index is 1920. The van der Waals surface area contributed by atoms with Gasteiger partial charge in [0, 0.05) is 84.2 Å². The van der Waals surface area contributed by atoms with E-state index < -0.39 is 6.10 Å². The molecule has 1 aliphatic rings. The molecule has 47 heavy (non-hydrogen) atoms. The summed E-state index contributed by atoms with van der Waals surface area (Å²) in [5.74, 6) is 0.606. The zero-order valence-electron chi connectivity index (χ0n) is 26.2. The molecule has 0 aliphatic carbocycles. The summed E-state index contributed by atoms with van der Waals surface area (Å²) in [4.78, 5) is 25.6. The number of nitrogens with zero attached hydrogens (tertiary/aromatic N) is 3. The lowest BCUT2D eigenvalue weighted by Crippen LogP contribution is -2.35. The third kappa shape index (κ3) is 7.56. The predicted molar refractivity (Wildman–Crippen MR) is 186 cm³/mol. The van der Waals surface area contributed by atoms with E-state index in [0.29, 0.717) is 59.9 Å². The van der Waals surface area contributed by atoms with Crippen molar-refractivity contribution in [2.75, 3.05) is 20.2 Å². The van der Waals surface area contributed by atoms with Gasteiger partial charge in [0.25, 0.3) is 0 Å². The van der Waals surface area contributed by atoms with E-state index in [-0.39, 0.29) is 11.9 Å². The lowest BCUT2D eigenvalue weighted by Gasteiger charge is -2.15. The molecule has 0 spiro atoms. The fourth-order valence-electron chi connectivity index (χ4n) is 5.75. The zero-order chi connectivity index (χ0) is 32.9. The van der Waals surface area contributed by atoms with Gasteiger partial charge in [0.2, 0.25) is 11.8 Å². The topological polar surface area (TPSA) is 121 Å². The first-order chi connectivity index (χ1) is 22.8. The highest BCUT2D eigenvalue weighted by Gasteiger charge is 2.21. The van der Waals surface area contributed by atoms with E-state index in [4.69, 9.17) is 37.9 Å². The Balaban J connectivity index is 1.24. The highest BCUT2D eigenvalue weighted by molar-refractivity contribution is 6.39. The summed E-state index contributed by atoms with van der Waals surface area (Å²) < 4.78 is 5.64. The Morgan fingerprint density at radius 1 is 0.936 bits per heavy atom. The number of hydrogen-bond donors (Lipinski definition) is 4. The molecule has 1 fully saturated rings. The second-order valence-electron chi connectivity index (χ2n) is 11.7. The number of pyridine rings is 3. The molecule has 0 radical (unpaired) electrons. The van der Waals surface area contributed by atoms with Gasteiger partial charge in [-0.05, 0) is 37.1 Å². The Kier molecular flexibility index (Phi) is 10.3. The maximum Gasteiger partial charge on any atom is 0.220 e. The molecule has 2 atom stereocenters. The second kappa shape index (κ2) is 14.8. The normalized spacial score (nSPS) is 15.2. The van der Waals surface area contributed by atoms with Crippen LogP contribution < -0.4 is 20.7 Å². The molecule has 6 rings (SSSR count). The van der Waals surface area contributed by atoms with Gasteiger partial charge in [-0.1, -0.05) is 65.7 Å². The van der Waals surface area contributed by atoms with Gasteiger partial charge in [0.15, 0.2) is 0 Å². The van der Waals surface area contributed by atoms with Gasteiger partial charge in [-0.25, -0.2) is 4.98 Å². The Morgan fingerprint density at radius 2 is 1.66 bits per heavy atom. The zero-order valence-corrected chi connectivity index (χ0v) is 27.7. The standard InChI is InChI=1S/C36H36Cl2N6O3/c1-21(45)15-39-16-22-13-24-19-42-32(14-31(24)41-17-22)29-8-4-6-27(35(29)38)26-5-3-7-28(34(26)37)30-11-9-23(36(44-30)47-2)18-40-20-25-10-12-33(46)43-25/h3-9,11,13-14,17,19,21,25,39-40,45H,10,12,15-16,18,20H2,1-2H3,(H,43,46)/t21-,25+/m1/s1. The number of carbonyl (C=O) groups is 1. The van der Waals surface area contributed by atoms with Crippen molar-refractivity contribution in [3.05, 3.63) is 94.2 Å². The second-order valence-corrected chi connectivity index (χ2v) is 12.5. The third-order valence-electron chi connectivity index (χ3n) is 8.15. The molecule has 2 aromatic carbocycles. The lowest BCUT2D eigenvalue weighted by atomic mass is 9.98. The number of carbonyl (C=O) groups excluding carboxylic acids is 1. The SMILES string of the molecule is COc1nc(-c2cccc(-c3cccc(-c4cc5ncc(CNC[C@@H](C)O)cc5cn4)c3Cl)c2Cl)ccc1CNC[C@@H]1CCC(=O)N1. The largest absolute Gasteiger partial charge is 0.481 e. The smallest absolute Gasteiger partial charge is 0.220 e. The van der Waals surface area contributed by atoms with Gasteiger partial charge in [-0.2, -0.15) is 0 Å².